The molecule has 0 aliphatic carbocycles. The van der Waals surface area contributed by atoms with Gasteiger partial charge in [-0.25, -0.2) is 0 Å². The zero-order chi connectivity index (χ0) is 13.0. The number of carbonyl (C=O) groups is 1. The number of hydrogen-bond acceptors (Lipinski definition) is 1. The van der Waals surface area contributed by atoms with Crippen LogP contribution in [0.25, 0.3) is 10.8 Å². The number of Topliss-reactive ketones (excluding diaryl/α,β-unsaturated/α-hetero) is 1. The summed E-state index contributed by atoms with van der Waals surface area (Å²) in [7, 11) is 0. The first-order valence-electron chi connectivity index (χ1n) is 6.75. The minimum Gasteiger partial charge on any atom is -0.294 e. The van der Waals surface area contributed by atoms with Gasteiger partial charge >= 0.3 is 0 Å². The maximum atomic E-state index is 12.3. The molecule has 2 rings (SSSR count). The molecule has 18 heavy (non-hydrogen) atoms. The fraction of sp³-hybridized carbons (Fsp3) is 0.353. The van der Waals surface area contributed by atoms with Gasteiger partial charge in [0, 0.05) is 11.5 Å². The Balaban J connectivity index is 2.22. The third-order valence-electron chi connectivity index (χ3n) is 3.47. The fourth-order valence-electron chi connectivity index (χ4n) is 2.27. The van der Waals surface area contributed by atoms with E-state index < -0.39 is 0 Å². The van der Waals surface area contributed by atoms with E-state index in [2.05, 4.69) is 19.1 Å². The van der Waals surface area contributed by atoms with Gasteiger partial charge in [-0.05, 0) is 23.3 Å². The monoisotopic (exact) mass is 240 g/mol. The van der Waals surface area contributed by atoms with Crippen LogP contribution >= 0.6 is 0 Å². The second kappa shape index (κ2) is 5.81. The van der Waals surface area contributed by atoms with Crippen molar-refractivity contribution >= 4 is 16.6 Å². The van der Waals surface area contributed by atoms with Crippen LogP contribution in [0.5, 0.6) is 0 Å². The van der Waals surface area contributed by atoms with Gasteiger partial charge in [-0.2, -0.15) is 0 Å². The molecule has 0 spiro atoms. The second-order valence-corrected chi connectivity index (χ2v) is 4.97. The first-order chi connectivity index (χ1) is 8.72. The molecule has 0 heterocycles. The van der Waals surface area contributed by atoms with Gasteiger partial charge in [0.05, 0.1) is 0 Å². The summed E-state index contributed by atoms with van der Waals surface area (Å²) in [5, 5.41) is 2.33. The van der Waals surface area contributed by atoms with E-state index in [0.717, 1.165) is 30.2 Å². The van der Waals surface area contributed by atoms with Crippen LogP contribution in [0.4, 0.5) is 0 Å². The van der Waals surface area contributed by atoms with E-state index >= 15 is 0 Å². The molecule has 1 atom stereocenters. The largest absolute Gasteiger partial charge is 0.294 e. The summed E-state index contributed by atoms with van der Waals surface area (Å²) in [6.45, 7) is 4.19. The van der Waals surface area contributed by atoms with Crippen LogP contribution in [0.2, 0.25) is 0 Å². The average molecular weight is 240 g/mol. The summed E-state index contributed by atoms with van der Waals surface area (Å²) in [5.74, 6) is 0.403. The Morgan fingerprint density at radius 2 is 1.83 bits per heavy atom. The molecule has 0 saturated heterocycles. The van der Waals surface area contributed by atoms with Crippen molar-refractivity contribution in [2.75, 3.05) is 0 Å². The minimum absolute atomic E-state index is 0.131. The number of unbranched alkanes of at least 4 members (excludes halogenated alkanes) is 1. The Kier molecular flexibility index (Phi) is 4.14. The molecule has 0 bridgehead atoms. The standard InChI is InChI=1S/C17H20O/c1-3-4-7-13(2)17(18)16-11-10-14-8-5-6-9-15(14)12-16/h5-6,8-13H,3-4,7H2,1-2H3. The Hall–Kier alpha value is -1.63. The molecule has 1 heteroatoms. The van der Waals surface area contributed by atoms with E-state index in [4.69, 9.17) is 0 Å². The molecule has 2 aromatic carbocycles. The second-order valence-electron chi connectivity index (χ2n) is 4.97. The summed E-state index contributed by atoms with van der Waals surface area (Å²) in [4.78, 5) is 12.3. The van der Waals surface area contributed by atoms with Crippen LogP contribution in [0.1, 0.15) is 43.5 Å². The van der Waals surface area contributed by atoms with Crippen molar-refractivity contribution in [2.45, 2.75) is 33.1 Å². The highest BCUT2D eigenvalue weighted by atomic mass is 16.1. The van der Waals surface area contributed by atoms with Crippen molar-refractivity contribution in [3.8, 4) is 0 Å². The predicted octanol–water partition coefficient (Wildman–Crippen LogP) is 4.85. The number of carbonyl (C=O) groups excluding carboxylic acids is 1. The molecule has 1 nitrogen and oxygen atoms in total. The fourth-order valence-corrected chi connectivity index (χ4v) is 2.27. The van der Waals surface area contributed by atoms with Crippen molar-refractivity contribution in [3.05, 3.63) is 48.0 Å². The van der Waals surface area contributed by atoms with Gasteiger partial charge in [0.25, 0.3) is 0 Å². The van der Waals surface area contributed by atoms with Gasteiger partial charge in [-0.1, -0.05) is 63.1 Å². The molecule has 0 aromatic heterocycles. The molecule has 0 aliphatic heterocycles. The summed E-state index contributed by atoms with van der Waals surface area (Å²) in [6, 6.07) is 14.2. The van der Waals surface area contributed by atoms with Crippen molar-refractivity contribution in [2.24, 2.45) is 5.92 Å². The molecule has 0 N–H and O–H groups in total. The first kappa shape index (κ1) is 12.8. The third kappa shape index (κ3) is 2.79. The number of rotatable bonds is 5. The van der Waals surface area contributed by atoms with E-state index in [1.54, 1.807) is 0 Å². The number of fused-ring (bicyclic) bond motifs is 1. The Morgan fingerprint density at radius 3 is 2.56 bits per heavy atom. The Bertz CT molecular complexity index is 542. The third-order valence-corrected chi connectivity index (χ3v) is 3.47. The summed E-state index contributed by atoms with van der Waals surface area (Å²) in [5.41, 5.74) is 0.845. The van der Waals surface area contributed by atoms with E-state index in [0.29, 0.717) is 0 Å². The van der Waals surface area contributed by atoms with Crippen molar-refractivity contribution in [1.29, 1.82) is 0 Å². The molecule has 0 fully saturated rings. The van der Waals surface area contributed by atoms with Gasteiger partial charge in [0.15, 0.2) is 5.78 Å². The molecule has 2 aromatic rings. The van der Waals surface area contributed by atoms with Gasteiger partial charge in [0.2, 0.25) is 0 Å². The molecule has 94 valence electrons. The Morgan fingerprint density at radius 1 is 1.11 bits per heavy atom. The SMILES string of the molecule is CCCCC(C)C(=O)c1ccc2ccccc2c1. The van der Waals surface area contributed by atoms with E-state index in [9.17, 15) is 4.79 Å². The minimum atomic E-state index is 0.131. The normalized spacial score (nSPS) is 12.6. The summed E-state index contributed by atoms with van der Waals surface area (Å²) >= 11 is 0. The summed E-state index contributed by atoms with van der Waals surface area (Å²) in [6.07, 6.45) is 3.26. The topological polar surface area (TPSA) is 17.1 Å². The quantitative estimate of drug-likeness (QED) is 0.683. The number of hydrogen-bond donors (Lipinski definition) is 0. The highest BCUT2D eigenvalue weighted by Gasteiger charge is 2.14. The van der Waals surface area contributed by atoms with Crippen LogP contribution in [-0.4, -0.2) is 5.78 Å². The van der Waals surface area contributed by atoms with Crippen molar-refractivity contribution in [3.63, 3.8) is 0 Å². The lowest BCUT2D eigenvalue weighted by Crippen LogP contribution is -2.11. The van der Waals surface area contributed by atoms with Crippen LogP contribution in [0.15, 0.2) is 42.5 Å². The number of benzene rings is 2. The van der Waals surface area contributed by atoms with E-state index in [1.165, 1.54) is 5.39 Å². The van der Waals surface area contributed by atoms with E-state index in [-0.39, 0.29) is 11.7 Å². The van der Waals surface area contributed by atoms with Gasteiger partial charge in [0.1, 0.15) is 0 Å². The molecular weight excluding hydrogens is 220 g/mol. The van der Waals surface area contributed by atoms with Crippen LogP contribution in [0, 0.1) is 5.92 Å². The highest BCUT2D eigenvalue weighted by molar-refractivity contribution is 6.01. The lowest BCUT2D eigenvalue weighted by atomic mass is 9.93. The zero-order valence-corrected chi connectivity index (χ0v) is 11.1. The summed E-state index contributed by atoms with van der Waals surface area (Å²) < 4.78 is 0. The molecule has 0 saturated carbocycles. The van der Waals surface area contributed by atoms with Crippen LogP contribution in [-0.2, 0) is 0 Å². The van der Waals surface area contributed by atoms with Crippen molar-refractivity contribution < 1.29 is 4.79 Å². The van der Waals surface area contributed by atoms with Crippen LogP contribution in [0.3, 0.4) is 0 Å². The molecule has 1 unspecified atom stereocenters. The van der Waals surface area contributed by atoms with Crippen molar-refractivity contribution in [1.82, 2.24) is 0 Å². The maximum absolute atomic E-state index is 12.3. The van der Waals surface area contributed by atoms with Gasteiger partial charge < -0.3 is 0 Å². The zero-order valence-electron chi connectivity index (χ0n) is 11.1. The first-order valence-corrected chi connectivity index (χ1v) is 6.75. The Labute approximate surface area is 109 Å². The molecule has 0 radical (unpaired) electrons. The van der Waals surface area contributed by atoms with E-state index in [1.807, 2.05) is 37.3 Å². The maximum Gasteiger partial charge on any atom is 0.165 e. The lowest BCUT2D eigenvalue weighted by Gasteiger charge is -2.10. The highest BCUT2D eigenvalue weighted by Crippen LogP contribution is 2.20. The number of ketones is 1. The van der Waals surface area contributed by atoms with Gasteiger partial charge in [-0.15, -0.1) is 0 Å². The van der Waals surface area contributed by atoms with Crippen LogP contribution < -0.4 is 0 Å². The average Bonchev–Trinajstić information content (AvgIpc) is 2.43. The lowest BCUT2D eigenvalue weighted by molar-refractivity contribution is 0.0923. The molecule has 0 aliphatic rings. The molecule has 0 amide bonds. The predicted molar refractivity (Wildman–Crippen MR) is 77.0 cm³/mol. The smallest absolute Gasteiger partial charge is 0.165 e. The van der Waals surface area contributed by atoms with Gasteiger partial charge in [-0.3, -0.25) is 4.79 Å². The molecular formula is C17H20O.